The Labute approximate surface area is 277 Å². The van der Waals surface area contributed by atoms with Crippen LogP contribution < -0.4 is 0 Å². The molecule has 1 heterocycles. The minimum Gasteiger partial charge on any atom is -0.396 e. The molecule has 3 nitrogen and oxygen atoms in total. The van der Waals surface area contributed by atoms with Crippen LogP contribution in [0.3, 0.4) is 0 Å². The first-order valence-electron chi connectivity index (χ1n) is 18.6. The fourth-order valence-corrected chi connectivity index (χ4v) is 8.02. The molecule has 43 heavy (non-hydrogen) atoms. The van der Waals surface area contributed by atoms with E-state index in [0.29, 0.717) is 13.0 Å². The lowest BCUT2D eigenvalue weighted by Crippen LogP contribution is -2.31. The molecule has 2 unspecified atom stereocenters. The molecule has 1 saturated heterocycles. The monoisotopic (exact) mass is 640 g/mol. The Morgan fingerprint density at radius 1 is 0.628 bits per heavy atom. The van der Waals surface area contributed by atoms with Gasteiger partial charge in [-0.05, 0) is 75.7 Å². The predicted octanol–water partition coefficient (Wildman–Crippen LogP) is 12.4. The largest absolute Gasteiger partial charge is 0.396 e. The molecule has 0 aromatic carbocycles. The molecule has 0 amide bonds. The van der Waals surface area contributed by atoms with E-state index in [0.717, 1.165) is 19.3 Å². The maximum Gasteiger partial charge on any atom is 0.168 e. The lowest BCUT2D eigenvalue weighted by molar-refractivity contribution is -0.180. The molecule has 0 aliphatic carbocycles. The molecule has 1 aliphatic rings. The number of aliphatic hydroxyl groups excluding tert-OH is 1. The number of rotatable bonds is 33. The second kappa shape index (κ2) is 32.0. The van der Waals surface area contributed by atoms with Gasteiger partial charge in [0.05, 0.1) is 12.7 Å². The number of unbranched alkanes of at least 4 members (excludes halogenated alkanes) is 17. The van der Waals surface area contributed by atoms with Gasteiger partial charge >= 0.3 is 0 Å². The molecule has 0 saturated carbocycles. The van der Waals surface area contributed by atoms with Crippen LogP contribution in [-0.2, 0) is 9.47 Å². The Balaban J connectivity index is 2.05. The van der Waals surface area contributed by atoms with Crippen molar-refractivity contribution in [2.45, 2.75) is 186 Å². The lowest BCUT2D eigenvalue weighted by atomic mass is 9.98. The highest BCUT2D eigenvalue weighted by Gasteiger charge is 2.40. The van der Waals surface area contributed by atoms with Gasteiger partial charge in [0.25, 0.3) is 0 Å². The fourth-order valence-electron chi connectivity index (χ4n) is 5.79. The summed E-state index contributed by atoms with van der Waals surface area (Å²) in [7, 11) is 0. The van der Waals surface area contributed by atoms with Crippen molar-refractivity contribution in [3.8, 4) is 0 Å². The van der Waals surface area contributed by atoms with Gasteiger partial charge in [-0.2, -0.15) is 23.5 Å². The van der Waals surface area contributed by atoms with Gasteiger partial charge in [-0.25, -0.2) is 0 Å². The first kappa shape index (κ1) is 41.1. The third kappa shape index (κ3) is 25.9. The molecule has 2 atom stereocenters. The summed E-state index contributed by atoms with van der Waals surface area (Å²) in [4.78, 5) is 0. The summed E-state index contributed by atoms with van der Waals surface area (Å²) < 4.78 is 12.7. The molecular formula is C38H72O3S2. The maximum absolute atomic E-state index is 9.39. The molecule has 1 rings (SSSR count). The Bertz CT molecular complexity index is 626. The number of thioether (sulfide) groups is 2. The molecule has 1 aliphatic heterocycles. The average molecular weight is 641 g/mol. The summed E-state index contributed by atoms with van der Waals surface area (Å²) in [5.74, 6) is 2.29. The SMILES string of the molecule is CCCCC/C=C\C/C=C\CCCCCCCCC1(CCCCCCCCCSCSCCCCC)OCC(CCO)O1. The van der Waals surface area contributed by atoms with E-state index in [1.165, 1.54) is 151 Å². The normalized spacial score (nSPS) is 19.0. The Morgan fingerprint density at radius 2 is 1.12 bits per heavy atom. The predicted molar refractivity (Wildman–Crippen MR) is 195 cm³/mol. The highest BCUT2D eigenvalue weighted by Crippen LogP contribution is 2.35. The molecule has 5 heteroatoms. The summed E-state index contributed by atoms with van der Waals surface area (Å²) in [6, 6.07) is 0. The molecule has 1 N–H and O–H groups in total. The van der Waals surface area contributed by atoms with Crippen molar-refractivity contribution < 1.29 is 14.6 Å². The second-order valence-electron chi connectivity index (χ2n) is 12.7. The second-order valence-corrected chi connectivity index (χ2v) is 15.3. The Hall–Kier alpha value is 0.0600. The van der Waals surface area contributed by atoms with Crippen molar-refractivity contribution >= 4 is 23.5 Å². The van der Waals surface area contributed by atoms with Crippen LogP contribution in [-0.4, -0.2) is 46.8 Å². The van der Waals surface area contributed by atoms with Crippen LogP contribution >= 0.6 is 23.5 Å². The summed E-state index contributed by atoms with van der Waals surface area (Å²) in [5, 5.41) is 10.7. The summed E-state index contributed by atoms with van der Waals surface area (Å²) in [6.07, 6.45) is 40.9. The zero-order valence-electron chi connectivity index (χ0n) is 28.7. The van der Waals surface area contributed by atoms with Gasteiger partial charge < -0.3 is 14.6 Å². The molecule has 0 spiro atoms. The van der Waals surface area contributed by atoms with Gasteiger partial charge in [-0.1, -0.05) is 122 Å². The van der Waals surface area contributed by atoms with E-state index in [2.05, 4.69) is 61.7 Å². The van der Waals surface area contributed by atoms with Crippen LogP contribution in [0.5, 0.6) is 0 Å². The number of allylic oxidation sites excluding steroid dienone is 4. The van der Waals surface area contributed by atoms with Crippen molar-refractivity contribution in [3.05, 3.63) is 24.3 Å². The van der Waals surface area contributed by atoms with Gasteiger partial charge in [0.1, 0.15) is 0 Å². The van der Waals surface area contributed by atoms with Crippen molar-refractivity contribution in [2.75, 3.05) is 29.8 Å². The van der Waals surface area contributed by atoms with E-state index in [9.17, 15) is 5.11 Å². The molecule has 0 bridgehead atoms. The first-order valence-corrected chi connectivity index (χ1v) is 21.0. The Kier molecular flexibility index (Phi) is 30.6. The van der Waals surface area contributed by atoms with E-state index in [1.54, 1.807) is 0 Å². The minimum absolute atomic E-state index is 0.0715. The van der Waals surface area contributed by atoms with Gasteiger partial charge in [-0.3, -0.25) is 0 Å². The van der Waals surface area contributed by atoms with E-state index < -0.39 is 0 Å². The highest BCUT2D eigenvalue weighted by atomic mass is 32.2. The number of hydrogen-bond acceptors (Lipinski definition) is 5. The van der Waals surface area contributed by atoms with Gasteiger partial charge in [0.15, 0.2) is 5.79 Å². The molecule has 254 valence electrons. The van der Waals surface area contributed by atoms with E-state index in [-0.39, 0.29) is 18.5 Å². The minimum atomic E-state index is -0.388. The van der Waals surface area contributed by atoms with Crippen molar-refractivity contribution in [1.82, 2.24) is 0 Å². The van der Waals surface area contributed by atoms with Gasteiger partial charge in [0, 0.05) is 24.5 Å². The van der Waals surface area contributed by atoms with Crippen molar-refractivity contribution in [1.29, 1.82) is 0 Å². The third-order valence-corrected chi connectivity index (χ3v) is 11.0. The van der Waals surface area contributed by atoms with E-state index in [4.69, 9.17) is 9.47 Å². The number of aliphatic hydroxyl groups is 1. The molecule has 1 fully saturated rings. The zero-order valence-corrected chi connectivity index (χ0v) is 30.3. The summed E-state index contributed by atoms with van der Waals surface area (Å²) in [5.41, 5.74) is 0. The van der Waals surface area contributed by atoms with Crippen molar-refractivity contribution in [3.63, 3.8) is 0 Å². The Morgan fingerprint density at radius 3 is 1.70 bits per heavy atom. The van der Waals surface area contributed by atoms with Crippen LogP contribution in [0.1, 0.15) is 174 Å². The number of hydrogen-bond donors (Lipinski definition) is 1. The smallest absolute Gasteiger partial charge is 0.168 e. The third-order valence-electron chi connectivity index (χ3n) is 8.53. The van der Waals surface area contributed by atoms with Crippen LogP contribution in [0.4, 0.5) is 0 Å². The average Bonchev–Trinajstić information content (AvgIpc) is 3.41. The fraction of sp³-hybridized carbons (Fsp3) is 0.895. The topological polar surface area (TPSA) is 38.7 Å². The van der Waals surface area contributed by atoms with E-state index in [1.807, 2.05) is 0 Å². The summed E-state index contributed by atoms with van der Waals surface area (Å²) in [6.45, 7) is 5.38. The lowest BCUT2D eigenvalue weighted by Gasteiger charge is -2.28. The van der Waals surface area contributed by atoms with Gasteiger partial charge in [-0.15, -0.1) is 0 Å². The van der Waals surface area contributed by atoms with Crippen molar-refractivity contribution in [2.24, 2.45) is 0 Å². The van der Waals surface area contributed by atoms with E-state index >= 15 is 0 Å². The quantitative estimate of drug-likeness (QED) is 0.0439. The highest BCUT2D eigenvalue weighted by molar-refractivity contribution is 8.15. The molecule has 0 aromatic heterocycles. The summed E-state index contributed by atoms with van der Waals surface area (Å²) >= 11 is 4.26. The van der Waals surface area contributed by atoms with Gasteiger partial charge in [0.2, 0.25) is 0 Å². The van der Waals surface area contributed by atoms with Crippen LogP contribution in [0.2, 0.25) is 0 Å². The molecule has 0 radical (unpaired) electrons. The molecule has 0 aromatic rings. The molecular weight excluding hydrogens is 569 g/mol. The maximum atomic E-state index is 9.39. The van der Waals surface area contributed by atoms with Crippen LogP contribution in [0.15, 0.2) is 24.3 Å². The first-order chi connectivity index (χ1) is 21.3. The zero-order chi connectivity index (χ0) is 30.9. The standard InChI is InChI=1S/C38H72O3S2/c1-3-5-7-8-9-10-11-12-13-14-15-16-17-19-22-25-30-38(40-35-37(41-38)29-32-39)31-26-23-20-18-21-24-28-34-43-36-42-33-27-6-4-2/h9-10,12-13,37,39H,3-8,11,14-36H2,1-2H3/b10-9-,13-12-. The number of ether oxygens (including phenoxy) is 2. The van der Waals surface area contributed by atoms with Crippen LogP contribution in [0.25, 0.3) is 0 Å². The van der Waals surface area contributed by atoms with Crippen LogP contribution in [0, 0.1) is 0 Å².